The number of rotatable bonds is 4. The molecule has 1 aromatic rings. The first kappa shape index (κ1) is 13.0. The molecule has 0 fully saturated rings. The maximum Gasteiger partial charge on any atom is 0.225 e. The van der Waals surface area contributed by atoms with Crippen molar-refractivity contribution in [2.45, 2.75) is 12.5 Å². The number of benzene rings is 1. The Morgan fingerprint density at radius 2 is 2.22 bits per heavy atom. The molecule has 1 aliphatic heterocycles. The van der Waals surface area contributed by atoms with Gasteiger partial charge in [-0.05, 0) is 24.1 Å². The molecular formula is C12H15N3O2S. The Bertz CT molecular complexity index is 563. The molecule has 0 aliphatic carbocycles. The van der Waals surface area contributed by atoms with Gasteiger partial charge in [-0.3, -0.25) is 0 Å². The third-order valence-electron chi connectivity index (χ3n) is 2.98. The molecule has 0 spiro atoms. The molecule has 1 aromatic carbocycles. The van der Waals surface area contributed by atoms with Gasteiger partial charge in [0.2, 0.25) is 10.0 Å². The monoisotopic (exact) mass is 265 g/mol. The molecule has 5 nitrogen and oxygen atoms in total. The molecule has 1 heterocycles. The van der Waals surface area contributed by atoms with E-state index in [1.165, 1.54) is 5.56 Å². The SMILES string of the molecule is N#CCS(=O)(=O)NCC1NCCc2ccccc21. The summed E-state index contributed by atoms with van der Waals surface area (Å²) in [6.07, 6.45) is 0.956. The molecule has 1 atom stereocenters. The molecule has 0 saturated heterocycles. The number of hydrogen-bond donors (Lipinski definition) is 2. The average molecular weight is 265 g/mol. The second-order valence-electron chi connectivity index (χ2n) is 4.22. The van der Waals surface area contributed by atoms with Gasteiger partial charge in [0.15, 0.2) is 5.75 Å². The minimum Gasteiger partial charge on any atom is -0.308 e. The molecule has 1 aliphatic rings. The summed E-state index contributed by atoms with van der Waals surface area (Å²) in [4.78, 5) is 0. The number of nitriles is 1. The Hall–Kier alpha value is -1.42. The molecule has 0 aromatic heterocycles. The smallest absolute Gasteiger partial charge is 0.225 e. The zero-order chi connectivity index (χ0) is 13.0. The van der Waals surface area contributed by atoms with Crippen molar-refractivity contribution in [3.63, 3.8) is 0 Å². The van der Waals surface area contributed by atoms with Crippen LogP contribution in [-0.2, 0) is 16.4 Å². The summed E-state index contributed by atoms with van der Waals surface area (Å²) in [5, 5.41) is 11.7. The fourth-order valence-corrected chi connectivity index (χ4v) is 2.81. The number of nitrogens with zero attached hydrogens (tertiary/aromatic N) is 1. The van der Waals surface area contributed by atoms with Crippen LogP contribution in [0, 0.1) is 11.3 Å². The lowest BCUT2D eigenvalue weighted by molar-refractivity contribution is 0.492. The van der Waals surface area contributed by atoms with Crippen LogP contribution in [0.15, 0.2) is 24.3 Å². The first-order valence-corrected chi connectivity index (χ1v) is 7.43. The molecular weight excluding hydrogens is 250 g/mol. The van der Waals surface area contributed by atoms with Crippen LogP contribution in [0.2, 0.25) is 0 Å². The Balaban J connectivity index is 2.07. The second kappa shape index (κ2) is 5.48. The highest BCUT2D eigenvalue weighted by Gasteiger charge is 2.20. The Kier molecular flexibility index (Phi) is 3.97. The summed E-state index contributed by atoms with van der Waals surface area (Å²) >= 11 is 0. The topological polar surface area (TPSA) is 82.0 Å². The summed E-state index contributed by atoms with van der Waals surface area (Å²) < 4.78 is 25.3. The van der Waals surface area contributed by atoms with Gasteiger partial charge in [-0.15, -0.1) is 0 Å². The molecule has 0 saturated carbocycles. The molecule has 0 radical (unpaired) electrons. The Labute approximate surface area is 107 Å². The van der Waals surface area contributed by atoms with E-state index in [4.69, 9.17) is 5.26 Å². The Morgan fingerprint density at radius 3 is 3.00 bits per heavy atom. The fourth-order valence-electron chi connectivity index (χ4n) is 2.12. The predicted octanol–water partition coefficient (Wildman–Crippen LogP) is 0.316. The van der Waals surface area contributed by atoms with Crippen molar-refractivity contribution in [3.8, 4) is 6.07 Å². The Morgan fingerprint density at radius 1 is 1.44 bits per heavy atom. The lowest BCUT2D eigenvalue weighted by atomic mass is 9.95. The van der Waals surface area contributed by atoms with Crippen molar-refractivity contribution in [1.82, 2.24) is 10.0 Å². The summed E-state index contributed by atoms with van der Waals surface area (Å²) in [6, 6.07) is 9.62. The molecule has 18 heavy (non-hydrogen) atoms. The maximum atomic E-state index is 11.4. The third kappa shape index (κ3) is 3.07. The van der Waals surface area contributed by atoms with E-state index in [2.05, 4.69) is 16.1 Å². The van der Waals surface area contributed by atoms with Gasteiger partial charge in [0.25, 0.3) is 0 Å². The average Bonchev–Trinajstić information content (AvgIpc) is 2.36. The largest absolute Gasteiger partial charge is 0.308 e. The van der Waals surface area contributed by atoms with E-state index >= 15 is 0 Å². The minimum absolute atomic E-state index is 0.0246. The van der Waals surface area contributed by atoms with Crippen LogP contribution in [-0.4, -0.2) is 27.3 Å². The lowest BCUT2D eigenvalue weighted by Gasteiger charge is -2.26. The van der Waals surface area contributed by atoms with E-state index in [1.807, 2.05) is 18.2 Å². The highest BCUT2D eigenvalue weighted by atomic mass is 32.2. The first-order chi connectivity index (χ1) is 8.62. The van der Waals surface area contributed by atoms with Gasteiger partial charge in [-0.1, -0.05) is 24.3 Å². The van der Waals surface area contributed by atoms with Crippen LogP contribution < -0.4 is 10.0 Å². The van der Waals surface area contributed by atoms with Crippen molar-refractivity contribution >= 4 is 10.0 Å². The zero-order valence-electron chi connectivity index (χ0n) is 9.89. The van der Waals surface area contributed by atoms with Gasteiger partial charge >= 0.3 is 0 Å². The second-order valence-corrected chi connectivity index (χ2v) is 6.03. The predicted molar refractivity (Wildman–Crippen MR) is 68.3 cm³/mol. The molecule has 1 unspecified atom stereocenters. The van der Waals surface area contributed by atoms with Gasteiger partial charge in [-0.25, -0.2) is 13.1 Å². The zero-order valence-corrected chi connectivity index (χ0v) is 10.7. The summed E-state index contributed by atoms with van der Waals surface area (Å²) in [5.74, 6) is -0.499. The number of fused-ring (bicyclic) bond motifs is 1. The fraction of sp³-hybridized carbons (Fsp3) is 0.417. The molecule has 0 amide bonds. The van der Waals surface area contributed by atoms with Crippen molar-refractivity contribution in [1.29, 1.82) is 5.26 Å². The van der Waals surface area contributed by atoms with Crippen LogP contribution in [0.4, 0.5) is 0 Å². The third-order valence-corrected chi connectivity index (χ3v) is 4.09. The van der Waals surface area contributed by atoms with E-state index in [0.717, 1.165) is 18.5 Å². The van der Waals surface area contributed by atoms with Crippen molar-refractivity contribution < 1.29 is 8.42 Å². The lowest BCUT2D eigenvalue weighted by Crippen LogP contribution is -2.39. The molecule has 2 rings (SSSR count). The van der Waals surface area contributed by atoms with Crippen molar-refractivity contribution in [2.75, 3.05) is 18.8 Å². The van der Waals surface area contributed by atoms with Gasteiger partial charge < -0.3 is 5.32 Å². The van der Waals surface area contributed by atoms with Crippen LogP contribution in [0.3, 0.4) is 0 Å². The van der Waals surface area contributed by atoms with E-state index in [-0.39, 0.29) is 12.6 Å². The van der Waals surface area contributed by atoms with Gasteiger partial charge in [-0.2, -0.15) is 5.26 Å². The normalized spacial score (nSPS) is 18.9. The molecule has 96 valence electrons. The summed E-state index contributed by atoms with van der Waals surface area (Å²) in [6.45, 7) is 1.11. The van der Waals surface area contributed by atoms with Crippen molar-refractivity contribution in [3.05, 3.63) is 35.4 Å². The quantitative estimate of drug-likeness (QED) is 0.821. The van der Waals surface area contributed by atoms with Crippen molar-refractivity contribution in [2.24, 2.45) is 0 Å². The van der Waals surface area contributed by atoms with Crippen LogP contribution in [0.5, 0.6) is 0 Å². The van der Waals surface area contributed by atoms with Gasteiger partial charge in [0.1, 0.15) is 0 Å². The van der Waals surface area contributed by atoms with Crippen LogP contribution in [0.25, 0.3) is 0 Å². The summed E-state index contributed by atoms with van der Waals surface area (Å²) in [5.41, 5.74) is 2.38. The highest BCUT2D eigenvalue weighted by Crippen LogP contribution is 2.21. The van der Waals surface area contributed by atoms with Crippen LogP contribution >= 0.6 is 0 Å². The minimum atomic E-state index is -3.48. The maximum absolute atomic E-state index is 11.4. The van der Waals surface area contributed by atoms with Gasteiger partial charge in [0, 0.05) is 12.6 Å². The molecule has 2 N–H and O–H groups in total. The highest BCUT2D eigenvalue weighted by molar-refractivity contribution is 7.89. The standard InChI is InChI=1S/C12H15N3O2S/c13-6-8-18(16,17)15-9-12-11-4-2-1-3-10(11)5-7-14-12/h1-4,12,14-15H,5,7-9H2. The van der Waals surface area contributed by atoms with Crippen LogP contribution in [0.1, 0.15) is 17.2 Å². The van der Waals surface area contributed by atoms with E-state index in [0.29, 0.717) is 0 Å². The number of nitrogens with one attached hydrogen (secondary N) is 2. The van der Waals surface area contributed by atoms with E-state index < -0.39 is 15.8 Å². The van der Waals surface area contributed by atoms with E-state index in [9.17, 15) is 8.42 Å². The number of sulfonamides is 1. The molecule has 6 heteroatoms. The first-order valence-electron chi connectivity index (χ1n) is 5.78. The summed E-state index contributed by atoms with van der Waals surface area (Å²) in [7, 11) is -3.48. The number of hydrogen-bond acceptors (Lipinski definition) is 4. The molecule has 0 bridgehead atoms. The van der Waals surface area contributed by atoms with E-state index in [1.54, 1.807) is 6.07 Å². The van der Waals surface area contributed by atoms with Gasteiger partial charge in [0.05, 0.1) is 6.07 Å².